The number of rotatable bonds is 9. The van der Waals surface area contributed by atoms with Crippen LogP contribution in [0.4, 0.5) is 0 Å². The topological polar surface area (TPSA) is 73.1 Å². The fourth-order valence-corrected chi connectivity index (χ4v) is 4.58. The van der Waals surface area contributed by atoms with Crippen molar-refractivity contribution in [3.63, 3.8) is 0 Å². The van der Waals surface area contributed by atoms with E-state index in [-0.39, 0.29) is 5.97 Å². The lowest BCUT2D eigenvalue weighted by Gasteiger charge is -2.18. The summed E-state index contributed by atoms with van der Waals surface area (Å²) in [6, 6.07) is 19.1. The summed E-state index contributed by atoms with van der Waals surface area (Å²) in [4.78, 5) is 17.9. The van der Waals surface area contributed by atoms with E-state index in [9.17, 15) is 4.79 Å². The maximum absolute atomic E-state index is 11.7. The number of benzene rings is 2. The average molecular weight is 494 g/mol. The number of ether oxygens (including phenoxy) is 1. The highest BCUT2D eigenvalue weighted by atomic mass is 35.5. The second kappa shape index (κ2) is 11.3. The van der Waals surface area contributed by atoms with Crippen LogP contribution in [0.3, 0.4) is 0 Å². The van der Waals surface area contributed by atoms with Crippen molar-refractivity contribution in [1.29, 1.82) is 0 Å². The first-order valence-electron chi connectivity index (χ1n) is 10.6. The molecule has 0 N–H and O–H groups in total. The van der Waals surface area contributed by atoms with Crippen LogP contribution < -0.4 is 0 Å². The predicted octanol–water partition coefficient (Wildman–Crippen LogP) is 5.03. The molecule has 0 radical (unpaired) electrons. The third-order valence-corrected chi connectivity index (χ3v) is 6.36. The molecule has 4 rings (SSSR count). The summed E-state index contributed by atoms with van der Waals surface area (Å²) in [6.45, 7) is 1.26. The highest BCUT2D eigenvalue weighted by Crippen LogP contribution is 2.27. The van der Waals surface area contributed by atoms with Crippen molar-refractivity contribution in [3.8, 4) is 5.69 Å². The zero-order valence-electron chi connectivity index (χ0n) is 18.9. The van der Waals surface area contributed by atoms with Crippen LogP contribution in [0.1, 0.15) is 27.3 Å². The van der Waals surface area contributed by atoms with E-state index in [1.807, 2.05) is 55.6 Å². The standard InChI is InChI=1S/C25H24ClN5O2S/c1-30(15-18-6-8-20(9-7-18)24(32)33-2)16-23-28-29-25(34-17-19-10-12-27-13-11-19)31(23)22-5-3-4-21(26)14-22/h3-14H,15-17H2,1-2H3. The molecule has 34 heavy (non-hydrogen) atoms. The molecule has 0 aliphatic rings. The molecule has 9 heteroatoms. The number of nitrogens with zero attached hydrogens (tertiary/aromatic N) is 5. The van der Waals surface area contributed by atoms with Gasteiger partial charge in [0, 0.05) is 29.7 Å². The van der Waals surface area contributed by atoms with E-state index >= 15 is 0 Å². The lowest BCUT2D eigenvalue weighted by Crippen LogP contribution is -2.20. The Hall–Kier alpha value is -3.20. The van der Waals surface area contributed by atoms with E-state index in [4.69, 9.17) is 16.3 Å². The van der Waals surface area contributed by atoms with Gasteiger partial charge in [-0.05, 0) is 60.6 Å². The molecule has 0 aliphatic heterocycles. The number of hydrogen-bond donors (Lipinski definition) is 0. The third kappa shape index (κ3) is 6.02. The van der Waals surface area contributed by atoms with Gasteiger partial charge in [-0.1, -0.05) is 41.6 Å². The number of hydrogen-bond acceptors (Lipinski definition) is 7. The number of pyridine rings is 1. The summed E-state index contributed by atoms with van der Waals surface area (Å²) in [5, 5.41) is 10.4. The van der Waals surface area contributed by atoms with E-state index in [0.29, 0.717) is 23.7 Å². The van der Waals surface area contributed by atoms with Crippen molar-refractivity contribution in [1.82, 2.24) is 24.6 Å². The summed E-state index contributed by atoms with van der Waals surface area (Å²) in [5.74, 6) is 1.23. The smallest absolute Gasteiger partial charge is 0.337 e. The Morgan fingerprint density at radius 2 is 1.79 bits per heavy atom. The number of methoxy groups -OCH3 is 1. The van der Waals surface area contributed by atoms with Crippen molar-refractivity contribution < 1.29 is 9.53 Å². The predicted molar refractivity (Wildman–Crippen MR) is 133 cm³/mol. The average Bonchev–Trinajstić information content (AvgIpc) is 3.25. The molecular formula is C25H24ClN5O2S. The molecule has 174 valence electrons. The van der Waals surface area contributed by atoms with Crippen LogP contribution in [0.5, 0.6) is 0 Å². The summed E-state index contributed by atoms with van der Waals surface area (Å²) in [6.07, 6.45) is 3.57. The van der Waals surface area contributed by atoms with E-state index in [0.717, 1.165) is 33.5 Å². The minimum Gasteiger partial charge on any atom is -0.465 e. The normalized spacial score (nSPS) is 11.1. The molecule has 2 heterocycles. The second-order valence-electron chi connectivity index (χ2n) is 7.72. The van der Waals surface area contributed by atoms with Crippen molar-refractivity contribution in [2.45, 2.75) is 24.0 Å². The first-order chi connectivity index (χ1) is 16.5. The molecule has 0 saturated heterocycles. The van der Waals surface area contributed by atoms with Crippen molar-refractivity contribution in [3.05, 3.63) is 101 Å². The Balaban J connectivity index is 1.53. The molecule has 0 aliphatic carbocycles. The quantitative estimate of drug-likeness (QED) is 0.239. The zero-order valence-corrected chi connectivity index (χ0v) is 20.5. The van der Waals surface area contributed by atoms with Gasteiger partial charge in [0.15, 0.2) is 11.0 Å². The Kier molecular flexibility index (Phi) is 7.95. The van der Waals surface area contributed by atoms with E-state index in [2.05, 4.69) is 24.6 Å². The lowest BCUT2D eigenvalue weighted by molar-refractivity contribution is 0.0600. The van der Waals surface area contributed by atoms with Gasteiger partial charge in [0.25, 0.3) is 0 Å². The summed E-state index contributed by atoms with van der Waals surface area (Å²) in [7, 11) is 3.40. The lowest BCUT2D eigenvalue weighted by atomic mass is 10.1. The van der Waals surface area contributed by atoms with Gasteiger partial charge in [-0.3, -0.25) is 14.5 Å². The van der Waals surface area contributed by atoms with Gasteiger partial charge < -0.3 is 4.74 Å². The molecule has 4 aromatic rings. The Bertz CT molecular complexity index is 1250. The Labute approximate surface area is 207 Å². The van der Waals surface area contributed by atoms with Crippen LogP contribution in [0, 0.1) is 0 Å². The molecule has 0 amide bonds. The molecule has 2 aromatic heterocycles. The zero-order chi connectivity index (χ0) is 23.9. The van der Waals surface area contributed by atoms with Gasteiger partial charge in [0.2, 0.25) is 0 Å². The number of esters is 1. The van der Waals surface area contributed by atoms with Crippen molar-refractivity contribution in [2.75, 3.05) is 14.2 Å². The minimum atomic E-state index is -0.341. The van der Waals surface area contributed by atoms with Crippen LogP contribution >= 0.6 is 23.4 Å². The maximum Gasteiger partial charge on any atom is 0.337 e. The number of carbonyl (C=O) groups excluding carboxylic acids is 1. The van der Waals surface area contributed by atoms with Crippen LogP contribution in [-0.4, -0.2) is 44.8 Å². The van der Waals surface area contributed by atoms with Gasteiger partial charge in [-0.15, -0.1) is 10.2 Å². The largest absolute Gasteiger partial charge is 0.465 e. The first-order valence-corrected chi connectivity index (χ1v) is 12.0. The molecular weight excluding hydrogens is 470 g/mol. The fourth-order valence-electron chi connectivity index (χ4n) is 3.47. The SMILES string of the molecule is COC(=O)c1ccc(CN(C)Cc2nnc(SCc3ccncc3)n2-c2cccc(Cl)c2)cc1. The summed E-state index contributed by atoms with van der Waals surface area (Å²) >= 11 is 7.90. The minimum absolute atomic E-state index is 0.341. The van der Waals surface area contributed by atoms with Crippen molar-refractivity contribution >= 4 is 29.3 Å². The summed E-state index contributed by atoms with van der Waals surface area (Å²) in [5.41, 5.74) is 3.69. The molecule has 0 spiro atoms. The van der Waals surface area contributed by atoms with Gasteiger partial charge in [-0.25, -0.2) is 4.79 Å². The molecule has 2 aromatic carbocycles. The van der Waals surface area contributed by atoms with Gasteiger partial charge in [-0.2, -0.15) is 0 Å². The van der Waals surface area contributed by atoms with E-state index in [1.165, 1.54) is 7.11 Å². The van der Waals surface area contributed by atoms with Crippen LogP contribution in [0.25, 0.3) is 5.69 Å². The molecule has 0 bridgehead atoms. The van der Waals surface area contributed by atoms with Crippen LogP contribution in [-0.2, 0) is 23.6 Å². The Morgan fingerprint density at radius 1 is 1.03 bits per heavy atom. The first kappa shape index (κ1) is 23.9. The van der Waals surface area contributed by atoms with Gasteiger partial charge in [0.1, 0.15) is 0 Å². The van der Waals surface area contributed by atoms with Crippen LogP contribution in [0.2, 0.25) is 5.02 Å². The number of aromatic nitrogens is 4. The van der Waals surface area contributed by atoms with Gasteiger partial charge >= 0.3 is 5.97 Å². The molecule has 0 atom stereocenters. The molecule has 7 nitrogen and oxygen atoms in total. The number of carbonyl (C=O) groups is 1. The second-order valence-corrected chi connectivity index (χ2v) is 9.10. The summed E-state index contributed by atoms with van der Waals surface area (Å²) < 4.78 is 6.82. The highest BCUT2D eigenvalue weighted by molar-refractivity contribution is 7.98. The van der Waals surface area contributed by atoms with Crippen molar-refractivity contribution in [2.24, 2.45) is 0 Å². The number of halogens is 1. The van der Waals surface area contributed by atoms with Crippen LogP contribution in [0.15, 0.2) is 78.2 Å². The maximum atomic E-state index is 11.7. The number of thioether (sulfide) groups is 1. The van der Waals surface area contributed by atoms with Gasteiger partial charge in [0.05, 0.1) is 24.9 Å². The monoisotopic (exact) mass is 493 g/mol. The molecule has 0 unspecified atom stereocenters. The third-order valence-electron chi connectivity index (χ3n) is 5.12. The fraction of sp³-hybridized carbons (Fsp3) is 0.200. The molecule has 0 saturated carbocycles. The van der Waals surface area contributed by atoms with E-state index < -0.39 is 0 Å². The highest BCUT2D eigenvalue weighted by Gasteiger charge is 2.17. The molecule has 0 fully saturated rings. The van der Waals surface area contributed by atoms with E-state index in [1.54, 1.807) is 36.3 Å². The Morgan fingerprint density at radius 3 is 2.50 bits per heavy atom.